The molecule has 3 atom stereocenters. The molecular weight excluding hydrogens is 548 g/mol. The molecule has 2 aliphatic rings. The molecular formula is C33H40N4O6. The molecule has 2 aromatic rings. The fraction of sp³-hybridized carbons (Fsp3) is 0.424. The van der Waals surface area contributed by atoms with E-state index in [0.29, 0.717) is 29.5 Å². The number of H-pyrrole nitrogens is 2. The van der Waals surface area contributed by atoms with E-state index >= 15 is 0 Å². The lowest BCUT2D eigenvalue weighted by Crippen LogP contribution is -2.30. The highest BCUT2D eigenvalue weighted by molar-refractivity contribution is 6.20. The van der Waals surface area contributed by atoms with Gasteiger partial charge < -0.3 is 25.5 Å². The Balaban J connectivity index is 1.85. The van der Waals surface area contributed by atoms with Crippen molar-refractivity contribution >= 4 is 41.6 Å². The molecule has 0 spiro atoms. The molecule has 228 valence electrons. The molecule has 2 amide bonds. The fourth-order valence-electron chi connectivity index (χ4n) is 6.21. The first-order valence-electron chi connectivity index (χ1n) is 14.7. The summed E-state index contributed by atoms with van der Waals surface area (Å²) in [6.07, 6.45) is 7.08. The quantitative estimate of drug-likeness (QED) is 0.256. The number of carboxylic acids is 2. The van der Waals surface area contributed by atoms with Gasteiger partial charge in [0.25, 0.3) is 5.91 Å². The Morgan fingerprint density at radius 1 is 0.953 bits per heavy atom. The van der Waals surface area contributed by atoms with Gasteiger partial charge in [-0.1, -0.05) is 26.5 Å². The predicted molar refractivity (Wildman–Crippen MR) is 164 cm³/mol. The summed E-state index contributed by atoms with van der Waals surface area (Å²) in [5.74, 6) is -2.30. The van der Waals surface area contributed by atoms with Crippen LogP contribution in [-0.2, 0) is 38.4 Å². The van der Waals surface area contributed by atoms with Crippen LogP contribution in [-0.4, -0.2) is 55.7 Å². The van der Waals surface area contributed by atoms with E-state index in [2.05, 4.69) is 26.9 Å². The first kappa shape index (κ1) is 31.5. The van der Waals surface area contributed by atoms with Gasteiger partial charge in [-0.25, -0.2) is 4.99 Å². The van der Waals surface area contributed by atoms with Crippen LogP contribution in [0.3, 0.4) is 0 Å². The summed E-state index contributed by atoms with van der Waals surface area (Å²) < 4.78 is 0. The SMILES string of the molecule is C=CC1=C(C)C(Cc2[nH]c(C=c3[nH]c(=CC4=NC(=O)C(C)C4CC)c(C)c3CCC(=O)O)c(CCC(=O)O)c2C)NC1=O. The third kappa shape index (κ3) is 6.48. The van der Waals surface area contributed by atoms with E-state index in [4.69, 9.17) is 0 Å². The molecule has 0 saturated carbocycles. The number of aromatic amines is 2. The summed E-state index contributed by atoms with van der Waals surface area (Å²) in [5.41, 5.74) is 7.24. The Bertz CT molecular complexity index is 1690. The third-order valence-corrected chi connectivity index (χ3v) is 8.89. The van der Waals surface area contributed by atoms with Crippen molar-refractivity contribution in [2.75, 3.05) is 0 Å². The lowest BCUT2D eigenvalue weighted by molar-refractivity contribution is -0.138. The second-order valence-corrected chi connectivity index (χ2v) is 11.5. The van der Waals surface area contributed by atoms with Gasteiger partial charge in [0.1, 0.15) is 0 Å². The van der Waals surface area contributed by atoms with Crippen LogP contribution in [0.4, 0.5) is 0 Å². The molecule has 0 bridgehead atoms. The van der Waals surface area contributed by atoms with E-state index in [1.165, 1.54) is 0 Å². The van der Waals surface area contributed by atoms with Crippen LogP contribution in [0.25, 0.3) is 12.2 Å². The zero-order chi connectivity index (χ0) is 31.6. The Hall–Kier alpha value is -4.47. The molecule has 4 rings (SSSR count). The van der Waals surface area contributed by atoms with E-state index in [0.717, 1.165) is 51.0 Å². The number of nitrogens with zero attached hydrogens (tertiary/aromatic N) is 1. The largest absolute Gasteiger partial charge is 0.481 e. The summed E-state index contributed by atoms with van der Waals surface area (Å²) >= 11 is 0. The van der Waals surface area contributed by atoms with Gasteiger partial charge in [-0.3, -0.25) is 19.2 Å². The maximum atomic E-state index is 12.4. The lowest BCUT2D eigenvalue weighted by Gasteiger charge is -2.12. The minimum Gasteiger partial charge on any atom is -0.481 e. The number of aliphatic imine (C=N–C) groups is 1. The summed E-state index contributed by atoms with van der Waals surface area (Å²) in [6, 6.07) is -0.220. The number of carboxylic acid groups (broad SMARTS) is 2. The zero-order valence-electron chi connectivity index (χ0n) is 25.4. The van der Waals surface area contributed by atoms with E-state index in [9.17, 15) is 29.4 Å². The van der Waals surface area contributed by atoms with Crippen LogP contribution < -0.4 is 16.0 Å². The van der Waals surface area contributed by atoms with E-state index in [1.54, 1.807) is 6.08 Å². The van der Waals surface area contributed by atoms with Gasteiger partial charge in [-0.15, -0.1) is 0 Å². The monoisotopic (exact) mass is 588 g/mol. The number of nitrogens with one attached hydrogen (secondary N) is 3. The van der Waals surface area contributed by atoms with Crippen molar-refractivity contribution in [1.29, 1.82) is 0 Å². The van der Waals surface area contributed by atoms with Crippen LogP contribution in [0.1, 0.15) is 73.7 Å². The van der Waals surface area contributed by atoms with Crippen molar-refractivity contribution in [3.8, 4) is 0 Å². The van der Waals surface area contributed by atoms with E-state index < -0.39 is 11.9 Å². The Morgan fingerprint density at radius 2 is 1.60 bits per heavy atom. The maximum absolute atomic E-state index is 12.4. The van der Waals surface area contributed by atoms with Crippen molar-refractivity contribution in [2.45, 2.75) is 79.2 Å². The van der Waals surface area contributed by atoms with E-state index in [-0.39, 0.29) is 49.0 Å². The van der Waals surface area contributed by atoms with Crippen molar-refractivity contribution in [3.05, 3.63) is 68.1 Å². The van der Waals surface area contributed by atoms with Crippen molar-refractivity contribution in [1.82, 2.24) is 15.3 Å². The van der Waals surface area contributed by atoms with Crippen molar-refractivity contribution < 1.29 is 29.4 Å². The van der Waals surface area contributed by atoms with Crippen LogP contribution in [0, 0.1) is 25.7 Å². The molecule has 0 fully saturated rings. The summed E-state index contributed by atoms with van der Waals surface area (Å²) in [4.78, 5) is 58.9. The lowest BCUT2D eigenvalue weighted by atomic mass is 9.89. The topological polar surface area (TPSA) is 165 Å². The van der Waals surface area contributed by atoms with E-state index in [1.807, 2.05) is 46.8 Å². The molecule has 0 radical (unpaired) electrons. The standard InChI is InChI=1S/C33H40N4O6/c1-7-20-19(6)32(42)37-27(20)14-25-18(5)23(10-12-31(40)41)29(35-25)15-28-22(9-11-30(38)39)17(4)24(34-28)13-26-16(3)21(8-2)33(43)36-26/h8,14-15,19-20,26,34-35H,2,7,9-13H2,1,3-6H3,(H,36,43)(H,38,39)(H,40,41). The van der Waals surface area contributed by atoms with Gasteiger partial charge in [0.05, 0.1) is 11.8 Å². The number of hydrogen-bond acceptors (Lipinski definition) is 4. The van der Waals surface area contributed by atoms with Gasteiger partial charge >= 0.3 is 11.9 Å². The number of hydrogen-bond donors (Lipinski definition) is 5. The molecule has 0 saturated heterocycles. The fourth-order valence-corrected chi connectivity index (χ4v) is 6.21. The van der Waals surface area contributed by atoms with Crippen LogP contribution in [0.2, 0.25) is 0 Å². The number of rotatable bonds is 12. The molecule has 10 heteroatoms. The van der Waals surface area contributed by atoms with Gasteiger partial charge in [-0.05, 0) is 80.0 Å². The molecule has 0 aliphatic carbocycles. The number of carbonyl (C=O) groups is 4. The zero-order valence-corrected chi connectivity index (χ0v) is 25.4. The molecule has 0 aromatic carbocycles. The summed E-state index contributed by atoms with van der Waals surface area (Å²) in [5, 5.41) is 23.3. The normalized spacial score (nSPS) is 21.1. The average Bonchev–Trinajstić information content (AvgIpc) is 3.59. The Labute approximate surface area is 250 Å². The molecule has 2 aromatic heterocycles. The molecule has 10 nitrogen and oxygen atoms in total. The van der Waals surface area contributed by atoms with Gasteiger partial charge in [-0.2, -0.15) is 0 Å². The summed E-state index contributed by atoms with van der Waals surface area (Å²) in [6.45, 7) is 13.4. The maximum Gasteiger partial charge on any atom is 0.303 e. The average molecular weight is 589 g/mol. The van der Waals surface area contributed by atoms with Gasteiger partial charge in [0.15, 0.2) is 0 Å². The van der Waals surface area contributed by atoms with Crippen LogP contribution in [0.5, 0.6) is 0 Å². The van der Waals surface area contributed by atoms with Crippen LogP contribution >= 0.6 is 0 Å². The van der Waals surface area contributed by atoms with Crippen molar-refractivity contribution in [3.63, 3.8) is 0 Å². The highest BCUT2D eigenvalue weighted by atomic mass is 16.4. The number of aromatic nitrogens is 2. The Morgan fingerprint density at radius 3 is 2.19 bits per heavy atom. The molecule has 43 heavy (non-hydrogen) atoms. The molecule has 5 N–H and O–H groups in total. The Kier molecular flexibility index (Phi) is 9.37. The van der Waals surface area contributed by atoms with Crippen molar-refractivity contribution in [2.24, 2.45) is 16.8 Å². The first-order valence-corrected chi connectivity index (χ1v) is 14.7. The molecule has 2 aliphatic heterocycles. The number of aliphatic carboxylic acids is 2. The minimum atomic E-state index is -0.913. The summed E-state index contributed by atoms with van der Waals surface area (Å²) in [7, 11) is 0. The first-order chi connectivity index (χ1) is 20.4. The minimum absolute atomic E-state index is 0.0107. The van der Waals surface area contributed by atoms with Gasteiger partial charge in [0.2, 0.25) is 5.91 Å². The molecule has 4 heterocycles. The smallest absolute Gasteiger partial charge is 0.303 e. The number of carbonyl (C=O) groups excluding carboxylic acids is 2. The second kappa shape index (κ2) is 12.8. The second-order valence-electron chi connectivity index (χ2n) is 11.5. The van der Waals surface area contributed by atoms with Crippen LogP contribution in [0.15, 0.2) is 28.8 Å². The number of amides is 2. The third-order valence-electron chi connectivity index (χ3n) is 8.89. The molecule has 3 unspecified atom stereocenters. The predicted octanol–water partition coefficient (Wildman–Crippen LogP) is 2.79. The highest BCUT2D eigenvalue weighted by Crippen LogP contribution is 2.27. The van der Waals surface area contributed by atoms with Gasteiger partial charge in [0, 0.05) is 58.8 Å². The highest BCUT2D eigenvalue weighted by Gasteiger charge is 2.32.